The van der Waals surface area contributed by atoms with Crippen LogP contribution in [0, 0.1) is 0 Å². The number of hydrogen-bond donors (Lipinski definition) is 1. The van der Waals surface area contributed by atoms with Gasteiger partial charge in [-0.1, -0.05) is 44.1 Å². The summed E-state index contributed by atoms with van der Waals surface area (Å²) in [5, 5.41) is 9.52. The average molecular weight is 387 g/mol. The molecule has 0 aromatic rings. The lowest BCUT2D eigenvalue weighted by molar-refractivity contribution is -0.0771. The van der Waals surface area contributed by atoms with E-state index in [0.717, 1.165) is 25.9 Å². The van der Waals surface area contributed by atoms with E-state index in [0.29, 0.717) is 6.42 Å². The summed E-state index contributed by atoms with van der Waals surface area (Å²) in [4.78, 5) is 0. The fourth-order valence-corrected chi connectivity index (χ4v) is 3.31. The van der Waals surface area contributed by atoms with E-state index in [9.17, 15) is 5.11 Å². The van der Waals surface area contributed by atoms with Gasteiger partial charge in [-0.15, -0.1) is 0 Å². The van der Waals surface area contributed by atoms with Gasteiger partial charge in [-0.25, -0.2) is 0 Å². The molecule has 4 nitrogen and oxygen atoms in total. The SMILES string of the molecule is COCO[C@@H](CCO)C/C(=C/C=C(C)C)CCCO[Si](C)(C)C(C)(C)C. The fourth-order valence-electron chi connectivity index (χ4n) is 2.23. The van der Waals surface area contributed by atoms with Crippen LogP contribution in [-0.4, -0.2) is 46.6 Å². The van der Waals surface area contributed by atoms with Gasteiger partial charge in [0.25, 0.3) is 0 Å². The second kappa shape index (κ2) is 12.8. The Bertz CT molecular complexity index is 432. The van der Waals surface area contributed by atoms with Gasteiger partial charge >= 0.3 is 0 Å². The minimum absolute atomic E-state index is 0.0157. The van der Waals surface area contributed by atoms with Crippen LogP contribution in [0.25, 0.3) is 0 Å². The summed E-state index contributed by atoms with van der Waals surface area (Å²) in [7, 11) is -0.0621. The Morgan fingerprint density at radius 2 is 1.81 bits per heavy atom. The second-order valence-corrected chi connectivity index (χ2v) is 13.5. The molecule has 26 heavy (non-hydrogen) atoms. The quantitative estimate of drug-likeness (QED) is 0.198. The van der Waals surface area contributed by atoms with Gasteiger partial charge in [0.05, 0.1) is 6.10 Å². The summed E-state index contributed by atoms with van der Waals surface area (Å²) in [6, 6.07) is 0. The van der Waals surface area contributed by atoms with Gasteiger partial charge in [0.2, 0.25) is 0 Å². The van der Waals surface area contributed by atoms with E-state index >= 15 is 0 Å². The molecule has 0 aliphatic heterocycles. The molecule has 0 saturated carbocycles. The van der Waals surface area contributed by atoms with Gasteiger partial charge < -0.3 is 19.0 Å². The molecule has 0 radical (unpaired) electrons. The third-order valence-electron chi connectivity index (χ3n) is 4.93. The molecule has 0 unspecified atom stereocenters. The Morgan fingerprint density at radius 3 is 2.31 bits per heavy atom. The molecule has 0 spiro atoms. The molecule has 1 N–H and O–H groups in total. The number of methoxy groups -OCH3 is 1. The van der Waals surface area contributed by atoms with Crippen LogP contribution >= 0.6 is 0 Å². The van der Waals surface area contributed by atoms with Crippen LogP contribution in [0.1, 0.15) is 60.3 Å². The van der Waals surface area contributed by atoms with Crippen molar-refractivity contribution in [3.05, 3.63) is 23.3 Å². The van der Waals surface area contributed by atoms with Crippen LogP contribution in [0.15, 0.2) is 23.3 Å². The first-order valence-electron chi connectivity index (χ1n) is 9.71. The van der Waals surface area contributed by atoms with Gasteiger partial charge in [0.15, 0.2) is 8.32 Å². The van der Waals surface area contributed by atoms with E-state index in [2.05, 4.69) is 59.9 Å². The highest BCUT2D eigenvalue weighted by Crippen LogP contribution is 2.36. The zero-order valence-electron chi connectivity index (χ0n) is 18.4. The predicted octanol–water partition coefficient (Wildman–Crippen LogP) is 5.44. The Morgan fingerprint density at radius 1 is 1.15 bits per heavy atom. The van der Waals surface area contributed by atoms with Gasteiger partial charge in [-0.3, -0.25) is 0 Å². The topological polar surface area (TPSA) is 47.9 Å². The Kier molecular flexibility index (Phi) is 12.6. The number of allylic oxidation sites excluding steroid dienone is 3. The number of ether oxygens (including phenoxy) is 2. The summed E-state index contributed by atoms with van der Waals surface area (Å²) in [6.45, 7) is 16.8. The second-order valence-electron chi connectivity index (χ2n) is 8.69. The monoisotopic (exact) mass is 386 g/mol. The van der Waals surface area contributed by atoms with Crippen LogP contribution in [0.2, 0.25) is 18.1 Å². The Hall–Kier alpha value is -0.463. The van der Waals surface area contributed by atoms with Crippen molar-refractivity contribution in [3.63, 3.8) is 0 Å². The fraction of sp³-hybridized carbons (Fsp3) is 0.810. The lowest BCUT2D eigenvalue weighted by Gasteiger charge is -2.36. The van der Waals surface area contributed by atoms with Crippen molar-refractivity contribution >= 4 is 8.32 Å². The van der Waals surface area contributed by atoms with Crippen molar-refractivity contribution in [1.29, 1.82) is 0 Å². The van der Waals surface area contributed by atoms with Gasteiger partial charge in [0, 0.05) is 20.3 Å². The molecule has 0 aliphatic rings. The largest absolute Gasteiger partial charge is 0.417 e. The molecule has 0 saturated heterocycles. The zero-order chi connectivity index (χ0) is 20.2. The lowest BCUT2D eigenvalue weighted by atomic mass is 10.0. The van der Waals surface area contributed by atoms with Crippen molar-refractivity contribution in [2.75, 3.05) is 27.1 Å². The maximum absolute atomic E-state index is 9.28. The molecule has 0 bridgehead atoms. The molecular weight excluding hydrogens is 344 g/mol. The number of rotatable bonds is 13. The third-order valence-corrected chi connectivity index (χ3v) is 9.46. The third kappa shape index (κ3) is 11.3. The van der Waals surface area contributed by atoms with Crippen LogP contribution in [0.4, 0.5) is 0 Å². The Labute approximate surface area is 162 Å². The zero-order valence-corrected chi connectivity index (χ0v) is 19.4. The molecule has 0 fully saturated rings. The van der Waals surface area contributed by atoms with E-state index in [4.69, 9.17) is 13.9 Å². The van der Waals surface area contributed by atoms with E-state index in [-0.39, 0.29) is 24.5 Å². The highest BCUT2D eigenvalue weighted by Gasteiger charge is 2.36. The van der Waals surface area contributed by atoms with Crippen LogP contribution in [0.3, 0.4) is 0 Å². The van der Waals surface area contributed by atoms with Crippen molar-refractivity contribution in [3.8, 4) is 0 Å². The minimum atomic E-state index is -1.68. The van der Waals surface area contributed by atoms with E-state index in [1.165, 1.54) is 11.1 Å². The van der Waals surface area contributed by atoms with Crippen LogP contribution in [-0.2, 0) is 13.9 Å². The van der Waals surface area contributed by atoms with E-state index in [1.807, 2.05) is 0 Å². The highest BCUT2D eigenvalue weighted by atomic mass is 28.4. The highest BCUT2D eigenvalue weighted by molar-refractivity contribution is 6.74. The van der Waals surface area contributed by atoms with Crippen molar-refractivity contribution in [1.82, 2.24) is 0 Å². The molecule has 0 aromatic carbocycles. The Balaban J connectivity index is 4.75. The average Bonchev–Trinajstić information content (AvgIpc) is 2.52. The first kappa shape index (κ1) is 25.5. The molecule has 154 valence electrons. The first-order valence-corrected chi connectivity index (χ1v) is 12.6. The summed E-state index contributed by atoms with van der Waals surface area (Å²) in [5.41, 5.74) is 2.61. The van der Waals surface area contributed by atoms with E-state index in [1.54, 1.807) is 7.11 Å². The molecule has 0 aromatic heterocycles. The minimum Gasteiger partial charge on any atom is -0.417 e. The van der Waals surface area contributed by atoms with Crippen molar-refractivity contribution in [2.45, 2.75) is 84.5 Å². The molecular formula is C21H42O4Si. The predicted molar refractivity (Wildman–Crippen MR) is 113 cm³/mol. The van der Waals surface area contributed by atoms with Crippen LogP contribution < -0.4 is 0 Å². The maximum Gasteiger partial charge on any atom is 0.191 e. The lowest BCUT2D eigenvalue weighted by Crippen LogP contribution is -2.40. The number of hydrogen-bond acceptors (Lipinski definition) is 4. The molecule has 0 rings (SSSR count). The molecule has 0 heterocycles. The smallest absolute Gasteiger partial charge is 0.191 e. The summed E-state index contributed by atoms with van der Waals surface area (Å²) < 4.78 is 17.0. The number of aliphatic hydroxyl groups excluding tert-OH is 1. The van der Waals surface area contributed by atoms with E-state index < -0.39 is 8.32 Å². The van der Waals surface area contributed by atoms with Gasteiger partial charge in [0.1, 0.15) is 6.79 Å². The van der Waals surface area contributed by atoms with Crippen molar-refractivity contribution in [2.24, 2.45) is 0 Å². The van der Waals surface area contributed by atoms with Crippen LogP contribution in [0.5, 0.6) is 0 Å². The summed E-state index contributed by atoms with van der Waals surface area (Å²) >= 11 is 0. The number of aliphatic hydroxyl groups is 1. The molecule has 1 atom stereocenters. The first-order chi connectivity index (χ1) is 12.0. The maximum atomic E-state index is 9.28. The standard InChI is InChI=1S/C21H42O4Si/c1-18(2)11-12-19(16-20(13-14-22)24-17-23-6)10-9-15-25-26(7,8)21(3,4)5/h11-12,20,22H,9-10,13-17H2,1-8H3/b19-12+/t20-/m0/s1. The summed E-state index contributed by atoms with van der Waals surface area (Å²) in [5.74, 6) is 0. The van der Waals surface area contributed by atoms with Crippen molar-refractivity contribution < 1.29 is 19.0 Å². The summed E-state index contributed by atoms with van der Waals surface area (Å²) in [6.07, 6.45) is 7.75. The molecule has 0 aliphatic carbocycles. The normalized spacial score (nSPS) is 14.4. The molecule has 5 heteroatoms. The van der Waals surface area contributed by atoms with Gasteiger partial charge in [-0.2, -0.15) is 0 Å². The van der Waals surface area contributed by atoms with Gasteiger partial charge in [-0.05, 0) is 57.7 Å². The molecule has 0 amide bonds.